The number of amides is 1. The minimum Gasteiger partial charge on any atom is -0.335 e. The number of likely N-dealkylation sites (tertiary alicyclic amines) is 1. The Morgan fingerprint density at radius 2 is 1.78 bits per heavy atom. The standard InChI is InChI=1S/C13H16F2N2O/c1-8(2)13(16)6-17(7-13)12(18)9-3-10(14)5-11(15)4-9/h3-5,8H,6-7,16H2,1-2H3. The zero-order valence-corrected chi connectivity index (χ0v) is 10.4. The highest BCUT2D eigenvalue weighted by atomic mass is 19.1. The van der Waals surface area contributed by atoms with Gasteiger partial charge in [-0.05, 0) is 18.1 Å². The maximum atomic E-state index is 13.0. The first-order valence-corrected chi connectivity index (χ1v) is 5.86. The first-order chi connectivity index (χ1) is 8.32. The number of carbonyl (C=O) groups excluding carboxylic acids is 1. The van der Waals surface area contributed by atoms with Crippen LogP contribution in [0.1, 0.15) is 24.2 Å². The van der Waals surface area contributed by atoms with Gasteiger partial charge in [0.1, 0.15) is 11.6 Å². The minimum absolute atomic E-state index is 0.0262. The second-order valence-electron chi connectivity index (χ2n) is 5.21. The average molecular weight is 254 g/mol. The molecule has 1 fully saturated rings. The average Bonchev–Trinajstić information content (AvgIpc) is 2.22. The van der Waals surface area contributed by atoms with Crippen LogP contribution in [0.3, 0.4) is 0 Å². The maximum absolute atomic E-state index is 13.0. The van der Waals surface area contributed by atoms with Gasteiger partial charge in [-0.1, -0.05) is 13.8 Å². The molecule has 0 aliphatic carbocycles. The third-order valence-electron chi connectivity index (χ3n) is 3.52. The maximum Gasteiger partial charge on any atom is 0.254 e. The van der Waals surface area contributed by atoms with Gasteiger partial charge in [-0.2, -0.15) is 0 Å². The topological polar surface area (TPSA) is 46.3 Å². The Morgan fingerprint density at radius 1 is 1.28 bits per heavy atom. The summed E-state index contributed by atoms with van der Waals surface area (Å²) in [6, 6.07) is 2.82. The zero-order valence-electron chi connectivity index (χ0n) is 10.4. The van der Waals surface area contributed by atoms with E-state index in [9.17, 15) is 13.6 Å². The van der Waals surface area contributed by atoms with E-state index in [0.29, 0.717) is 13.1 Å². The number of benzene rings is 1. The molecule has 1 heterocycles. The van der Waals surface area contributed by atoms with Crippen LogP contribution in [0.2, 0.25) is 0 Å². The molecule has 1 aliphatic heterocycles. The Labute approximate surface area is 105 Å². The zero-order chi connectivity index (χ0) is 13.5. The molecule has 2 rings (SSSR count). The van der Waals surface area contributed by atoms with E-state index in [4.69, 9.17) is 5.73 Å². The van der Waals surface area contributed by atoms with Crippen LogP contribution < -0.4 is 5.73 Å². The molecule has 0 bridgehead atoms. The second-order valence-corrected chi connectivity index (χ2v) is 5.21. The summed E-state index contributed by atoms with van der Waals surface area (Å²) < 4.78 is 26.0. The number of halogens is 2. The Kier molecular flexibility index (Phi) is 3.11. The SMILES string of the molecule is CC(C)C1(N)CN(C(=O)c2cc(F)cc(F)c2)C1. The van der Waals surface area contributed by atoms with Crippen molar-refractivity contribution in [2.24, 2.45) is 11.7 Å². The lowest BCUT2D eigenvalue weighted by Gasteiger charge is -2.50. The molecule has 5 heteroatoms. The molecule has 0 spiro atoms. The molecule has 0 unspecified atom stereocenters. The van der Waals surface area contributed by atoms with Crippen molar-refractivity contribution in [3.05, 3.63) is 35.4 Å². The highest BCUT2D eigenvalue weighted by Crippen LogP contribution is 2.27. The van der Waals surface area contributed by atoms with Gasteiger partial charge in [0.15, 0.2) is 0 Å². The monoisotopic (exact) mass is 254 g/mol. The molecule has 2 N–H and O–H groups in total. The van der Waals surface area contributed by atoms with Crippen molar-refractivity contribution < 1.29 is 13.6 Å². The van der Waals surface area contributed by atoms with Gasteiger partial charge >= 0.3 is 0 Å². The molecule has 3 nitrogen and oxygen atoms in total. The lowest BCUT2D eigenvalue weighted by Crippen LogP contribution is -2.71. The van der Waals surface area contributed by atoms with Gasteiger partial charge in [0.25, 0.3) is 5.91 Å². The van der Waals surface area contributed by atoms with Crippen LogP contribution >= 0.6 is 0 Å². The number of nitrogens with zero attached hydrogens (tertiary/aromatic N) is 1. The number of hydrogen-bond acceptors (Lipinski definition) is 2. The molecule has 1 aromatic rings. The third-order valence-corrected chi connectivity index (χ3v) is 3.52. The predicted molar refractivity (Wildman–Crippen MR) is 64.0 cm³/mol. The fraction of sp³-hybridized carbons (Fsp3) is 0.462. The number of carbonyl (C=O) groups is 1. The first kappa shape index (κ1) is 13.0. The van der Waals surface area contributed by atoms with Gasteiger partial charge in [0.2, 0.25) is 0 Å². The Balaban J connectivity index is 2.10. The van der Waals surface area contributed by atoms with Crippen molar-refractivity contribution in [1.82, 2.24) is 4.90 Å². The van der Waals surface area contributed by atoms with E-state index in [1.165, 1.54) is 4.90 Å². The summed E-state index contributed by atoms with van der Waals surface area (Å²) in [7, 11) is 0. The van der Waals surface area contributed by atoms with Gasteiger partial charge in [0.05, 0.1) is 5.54 Å². The Bertz CT molecular complexity index is 462. The van der Waals surface area contributed by atoms with Crippen LogP contribution in [0.15, 0.2) is 18.2 Å². The van der Waals surface area contributed by atoms with Crippen LogP contribution in [-0.2, 0) is 0 Å². The van der Waals surface area contributed by atoms with Crippen molar-refractivity contribution in [3.8, 4) is 0 Å². The summed E-state index contributed by atoms with van der Waals surface area (Å²) in [5.74, 6) is -1.62. The lowest BCUT2D eigenvalue weighted by atomic mass is 9.80. The van der Waals surface area contributed by atoms with Crippen LogP contribution in [0.25, 0.3) is 0 Å². The molecule has 1 amide bonds. The molecule has 1 aliphatic rings. The second kappa shape index (κ2) is 4.31. The van der Waals surface area contributed by atoms with Gasteiger partial charge in [-0.25, -0.2) is 8.78 Å². The van der Waals surface area contributed by atoms with Gasteiger partial charge < -0.3 is 10.6 Å². The molecule has 0 atom stereocenters. The summed E-state index contributed by atoms with van der Waals surface area (Å²) in [5, 5.41) is 0. The molecular formula is C13H16F2N2O. The molecule has 0 radical (unpaired) electrons. The number of rotatable bonds is 2. The summed E-state index contributed by atoms with van der Waals surface area (Å²) >= 11 is 0. The molecular weight excluding hydrogens is 238 g/mol. The van der Waals surface area contributed by atoms with Crippen molar-refractivity contribution in [2.45, 2.75) is 19.4 Å². The van der Waals surface area contributed by atoms with Crippen molar-refractivity contribution in [2.75, 3.05) is 13.1 Å². The molecule has 1 saturated heterocycles. The van der Waals surface area contributed by atoms with Gasteiger partial charge in [0, 0.05) is 24.7 Å². The fourth-order valence-electron chi connectivity index (χ4n) is 2.03. The highest BCUT2D eigenvalue weighted by Gasteiger charge is 2.44. The first-order valence-electron chi connectivity index (χ1n) is 5.86. The minimum atomic E-state index is -0.748. The molecule has 0 saturated carbocycles. The van der Waals surface area contributed by atoms with Crippen LogP contribution in [-0.4, -0.2) is 29.4 Å². The number of hydrogen-bond donors (Lipinski definition) is 1. The van der Waals surface area contributed by atoms with Gasteiger partial charge in [-0.3, -0.25) is 4.79 Å². The summed E-state index contributed by atoms with van der Waals surface area (Å²) in [6.45, 7) is 4.82. The smallest absolute Gasteiger partial charge is 0.254 e. The number of nitrogens with two attached hydrogens (primary N) is 1. The van der Waals surface area contributed by atoms with Crippen molar-refractivity contribution in [3.63, 3.8) is 0 Å². The Morgan fingerprint density at radius 3 is 2.22 bits per heavy atom. The molecule has 98 valence electrons. The largest absolute Gasteiger partial charge is 0.335 e. The van der Waals surface area contributed by atoms with E-state index >= 15 is 0 Å². The van der Waals surface area contributed by atoms with E-state index in [-0.39, 0.29) is 22.9 Å². The van der Waals surface area contributed by atoms with Crippen LogP contribution in [0.4, 0.5) is 8.78 Å². The molecule has 0 aromatic heterocycles. The predicted octanol–water partition coefficient (Wildman–Crippen LogP) is 1.77. The van der Waals surface area contributed by atoms with E-state index < -0.39 is 11.6 Å². The quantitative estimate of drug-likeness (QED) is 0.874. The molecule has 1 aromatic carbocycles. The summed E-state index contributed by atoms with van der Waals surface area (Å²) in [6.07, 6.45) is 0. The van der Waals surface area contributed by atoms with E-state index in [2.05, 4.69) is 0 Å². The van der Waals surface area contributed by atoms with Gasteiger partial charge in [-0.15, -0.1) is 0 Å². The third kappa shape index (κ3) is 2.22. The fourth-order valence-corrected chi connectivity index (χ4v) is 2.03. The normalized spacial score (nSPS) is 17.8. The molecule has 18 heavy (non-hydrogen) atoms. The van der Waals surface area contributed by atoms with E-state index in [1.807, 2.05) is 13.8 Å². The van der Waals surface area contributed by atoms with Crippen molar-refractivity contribution >= 4 is 5.91 Å². The van der Waals surface area contributed by atoms with Crippen LogP contribution in [0, 0.1) is 17.6 Å². The van der Waals surface area contributed by atoms with E-state index in [0.717, 1.165) is 18.2 Å². The van der Waals surface area contributed by atoms with Crippen molar-refractivity contribution in [1.29, 1.82) is 0 Å². The highest BCUT2D eigenvalue weighted by molar-refractivity contribution is 5.95. The summed E-state index contributed by atoms with van der Waals surface area (Å²) in [5.41, 5.74) is 5.71. The lowest BCUT2D eigenvalue weighted by molar-refractivity contribution is 0.0274. The van der Waals surface area contributed by atoms with E-state index in [1.54, 1.807) is 0 Å². The Hall–Kier alpha value is -1.49. The summed E-state index contributed by atoms with van der Waals surface area (Å²) in [4.78, 5) is 13.5. The van der Waals surface area contributed by atoms with Crippen LogP contribution in [0.5, 0.6) is 0 Å².